The molecular weight excluding hydrogens is 182 g/mol. The van der Waals surface area contributed by atoms with E-state index in [1.54, 1.807) is 0 Å². The van der Waals surface area contributed by atoms with E-state index in [-0.39, 0.29) is 0 Å². The number of rotatable bonds is 5. The number of hydrogen-bond donors (Lipinski definition) is 0. The van der Waals surface area contributed by atoms with Gasteiger partial charge in [0.15, 0.2) is 0 Å². The highest BCUT2D eigenvalue weighted by Crippen LogP contribution is 2.05. The van der Waals surface area contributed by atoms with Crippen molar-refractivity contribution in [1.82, 2.24) is 14.3 Å². The quantitative estimate of drug-likeness (QED) is 0.726. The van der Waals surface area contributed by atoms with E-state index in [1.165, 1.54) is 0 Å². The van der Waals surface area contributed by atoms with Crippen molar-refractivity contribution in [2.24, 2.45) is 0 Å². The molecule has 1 aromatic heterocycles. The minimum atomic E-state index is 0.312. The van der Waals surface area contributed by atoms with Crippen LogP contribution in [0.4, 0.5) is 0 Å². The molecule has 0 aliphatic rings. The van der Waals surface area contributed by atoms with Crippen molar-refractivity contribution in [2.45, 2.75) is 33.2 Å². The predicted octanol–water partition coefficient (Wildman–Crippen LogP) is 1.81. The van der Waals surface area contributed by atoms with E-state index in [0.29, 0.717) is 11.5 Å². The first-order valence-corrected chi connectivity index (χ1v) is 5.47. The highest BCUT2D eigenvalue weighted by molar-refractivity contribution is 7.03. The van der Waals surface area contributed by atoms with Crippen molar-refractivity contribution in [3.8, 4) is 0 Å². The van der Waals surface area contributed by atoms with E-state index >= 15 is 0 Å². The molecule has 0 fully saturated rings. The Bertz CT molecular complexity index is 273. The summed E-state index contributed by atoms with van der Waals surface area (Å²) in [6.45, 7) is 8.59. The topological polar surface area (TPSA) is 29.0 Å². The molecule has 3 nitrogen and oxygen atoms in total. The van der Waals surface area contributed by atoms with Crippen LogP contribution in [0.1, 0.15) is 28.0 Å². The third-order valence-corrected chi connectivity index (χ3v) is 2.76. The summed E-state index contributed by atoms with van der Waals surface area (Å²) in [5, 5.41) is 0. The SMILES string of the molecule is [2H]c1nc(CC(C)N(CC)CC)ns1. The molecule has 0 spiro atoms. The summed E-state index contributed by atoms with van der Waals surface area (Å²) in [4.78, 5) is 6.41. The molecule has 0 bridgehead atoms. The van der Waals surface area contributed by atoms with Crippen LogP contribution in [0.25, 0.3) is 0 Å². The van der Waals surface area contributed by atoms with Crippen LogP contribution in [0.3, 0.4) is 0 Å². The molecule has 0 N–H and O–H groups in total. The van der Waals surface area contributed by atoms with Gasteiger partial charge in [-0.3, -0.25) is 0 Å². The Labute approximate surface area is 85.4 Å². The molecule has 4 heteroatoms. The maximum atomic E-state index is 7.29. The number of hydrogen-bond acceptors (Lipinski definition) is 4. The van der Waals surface area contributed by atoms with Crippen LogP contribution in [-0.4, -0.2) is 33.4 Å². The van der Waals surface area contributed by atoms with Crippen molar-refractivity contribution < 1.29 is 1.37 Å². The Kier molecular flexibility index (Phi) is 3.70. The van der Waals surface area contributed by atoms with Gasteiger partial charge in [0, 0.05) is 12.5 Å². The minimum Gasteiger partial charge on any atom is -0.301 e. The summed E-state index contributed by atoms with van der Waals surface area (Å²) in [6.07, 6.45) is 0.844. The molecule has 0 aromatic carbocycles. The van der Waals surface area contributed by atoms with Gasteiger partial charge in [0.25, 0.3) is 0 Å². The second-order valence-corrected chi connectivity index (χ2v) is 3.62. The molecule has 0 amide bonds. The zero-order valence-corrected chi connectivity index (χ0v) is 9.27. The van der Waals surface area contributed by atoms with Gasteiger partial charge in [0.2, 0.25) is 0 Å². The second kappa shape index (κ2) is 5.29. The summed E-state index contributed by atoms with van der Waals surface area (Å²) in [7, 11) is 0. The standard InChI is InChI=1S/C9H17N3S/c1-4-12(5-2)8(3)6-9-10-7-13-11-9/h7-8H,4-6H2,1-3H3/i7D. The van der Waals surface area contributed by atoms with Crippen LogP contribution < -0.4 is 0 Å². The molecule has 0 saturated carbocycles. The molecule has 74 valence electrons. The zero-order valence-electron chi connectivity index (χ0n) is 9.45. The third-order valence-electron chi connectivity index (χ3n) is 2.28. The molecule has 1 rings (SSSR count). The van der Waals surface area contributed by atoms with E-state index in [1.807, 2.05) is 0 Å². The molecule has 1 aromatic rings. The first kappa shape index (κ1) is 9.09. The van der Waals surface area contributed by atoms with Crippen LogP contribution in [0.15, 0.2) is 5.49 Å². The van der Waals surface area contributed by atoms with Gasteiger partial charge in [-0.1, -0.05) is 13.8 Å². The van der Waals surface area contributed by atoms with Crippen molar-refractivity contribution in [2.75, 3.05) is 13.1 Å². The molecule has 13 heavy (non-hydrogen) atoms. The van der Waals surface area contributed by atoms with Gasteiger partial charge < -0.3 is 4.90 Å². The van der Waals surface area contributed by atoms with E-state index in [4.69, 9.17) is 1.37 Å². The fourth-order valence-corrected chi connectivity index (χ4v) is 1.90. The summed E-state index contributed by atoms with van der Waals surface area (Å²) in [5.41, 5.74) is 0.312. The normalized spacial score (nSPS) is 14.6. The van der Waals surface area contributed by atoms with Crippen molar-refractivity contribution in [3.05, 3.63) is 11.3 Å². The molecule has 1 unspecified atom stereocenters. The second-order valence-electron chi connectivity index (χ2n) is 3.08. The summed E-state index contributed by atoms with van der Waals surface area (Å²) in [5.74, 6) is 0.805. The molecule has 1 atom stereocenters. The molecular formula is C9H17N3S. The van der Waals surface area contributed by atoms with E-state index in [9.17, 15) is 0 Å². The lowest BCUT2D eigenvalue weighted by atomic mass is 10.2. The minimum absolute atomic E-state index is 0.312. The number of likely N-dealkylation sites (N-methyl/N-ethyl adjacent to an activating group) is 1. The van der Waals surface area contributed by atoms with Crippen LogP contribution >= 0.6 is 11.5 Å². The van der Waals surface area contributed by atoms with Gasteiger partial charge in [-0.05, 0) is 31.5 Å². The lowest BCUT2D eigenvalue weighted by Crippen LogP contribution is -2.34. The fraction of sp³-hybridized carbons (Fsp3) is 0.778. The van der Waals surface area contributed by atoms with Crippen LogP contribution in [-0.2, 0) is 6.42 Å². The first-order chi connectivity index (χ1) is 6.67. The van der Waals surface area contributed by atoms with E-state index in [2.05, 4.69) is 35.0 Å². The van der Waals surface area contributed by atoms with Gasteiger partial charge in [0.1, 0.15) is 11.3 Å². The number of aromatic nitrogens is 2. The fourth-order valence-electron chi connectivity index (χ4n) is 1.49. The summed E-state index contributed by atoms with van der Waals surface area (Å²) in [6, 6.07) is 0.457. The van der Waals surface area contributed by atoms with E-state index in [0.717, 1.165) is 36.9 Å². The van der Waals surface area contributed by atoms with E-state index < -0.39 is 0 Å². The Balaban J connectivity index is 2.51. The van der Waals surface area contributed by atoms with Gasteiger partial charge in [-0.25, -0.2) is 4.98 Å². The molecule has 0 aliphatic heterocycles. The van der Waals surface area contributed by atoms with Crippen molar-refractivity contribution >= 4 is 11.5 Å². The van der Waals surface area contributed by atoms with Gasteiger partial charge in [-0.15, -0.1) is 0 Å². The Morgan fingerprint density at radius 3 is 2.77 bits per heavy atom. The number of nitrogens with zero attached hydrogens (tertiary/aromatic N) is 3. The largest absolute Gasteiger partial charge is 0.301 e. The highest BCUT2D eigenvalue weighted by atomic mass is 32.1. The van der Waals surface area contributed by atoms with Crippen LogP contribution in [0.5, 0.6) is 0 Å². The summed E-state index contributed by atoms with van der Waals surface area (Å²) >= 11 is 1.16. The Morgan fingerprint density at radius 1 is 1.62 bits per heavy atom. The molecule has 0 saturated heterocycles. The average Bonchev–Trinajstić information content (AvgIpc) is 2.53. The smallest absolute Gasteiger partial charge is 0.143 e. The molecule has 0 radical (unpaired) electrons. The van der Waals surface area contributed by atoms with Crippen molar-refractivity contribution in [3.63, 3.8) is 0 Å². The van der Waals surface area contributed by atoms with Crippen LogP contribution in [0.2, 0.25) is 0 Å². The average molecular weight is 200 g/mol. The first-order valence-electron chi connectivity index (χ1n) is 5.20. The zero-order chi connectivity index (χ0) is 10.6. The van der Waals surface area contributed by atoms with Gasteiger partial charge in [0.05, 0.1) is 1.37 Å². The predicted molar refractivity (Wildman–Crippen MR) is 56.0 cm³/mol. The third kappa shape index (κ3) is 3.04. The summed E-state index contributed by atoms with van der Waals surface area (Å²) < 4.78 is 11.4. The molecule has 1 heterocycles. The molecule has 0 aliphatic carbocycles. The van der Waals surface area contributed by atoms with Crippen LogP contribution in [0, 0.1) is 0 Å². The Morgan fingerprint density at radius 2 is 2.31 bits per heavy atom. The monoisotopic (exact) mass is 200 g/mol. The maximum absolute atomic E-state index is 7.29. The maximum Gasteiger partial charge on any atom is 0.143 e. The van der Waals surface area contributed by atoms with Gasteiger partial charge in [-0.2, -0.15) is 4.37 Å². The van der Waals surface area contributed by atoms with Gasteiger partial charge >= 0.3 is 0 Å². The highest BCUT2D eigenvalue weighted by Gasteiger charge is 2.11. The van der Waals surface area contributed by atoms with Crippen molar-refractivity contribution in [1.29, 1.82) is 0 Å². The lowest BCUT2D eigenvalue weighted by molar-refractivity contribution is 0.228. The lowest BCUT2D eigenvalue weighted by Gasteiger charge is -2.25. The Hall–Kier alpha value is -0.480.